The highest BCUT2D eigenvalue weighted by Gasteiger charge is 2.34. The Balaban J connectivity index is 1.98. The van der Waals surface area contributed by atoms with Gasteiger partial charge in [-0.1, -0.05) is 18.2 Å². The maximum Gasteiger partial charge on any atom is 0.341 e. The summed E-state index contributed by atoms with van der Waals surface area (Å²) in [7, 11) is 0. The molecule has 1 heterocycles. The molecule has 1 saturated heterocycles. The number of nitrogens with one attached hydrogen (secondary N) is 1. The normalized spacial score (nSPS) is 15.5. The summed E-state index contributed by atoms with van der Waals surface area (Å²) in [4.78, 5) is 37.0. The number of halogens is 1. The highest BCUT2D eigenvalue weighted by molar-refractivity contribution is 7.80. The fourth-order valence-corrected chi connectivity index (χ4v) is 2.79. The van der Waals surface area contributed by atoms with Crippen LogP contribution in [0.3, 0.4) is 0 Å². The van der Waals surface area contributed by atoms with Crippen molar-refractivity contribution >= 4 is 46.9 Å². The summed E-state index contributed by atoms with van der Waals surface area (Å²) in [6, 6.07) is 11.4. The summed E-state index contributed by atoms with van der Waals surface area (Å²) in [5.41, 5.74) is 0.399. The average Bonchev–Trinajstić information content (AvgIpc) is 2.65. The van der Waals surface area contributed by atoms with E-state index in [0.717, 1.165) is 4.90 Å². The fraction of sp³-hybridized carbons (Fsp3) is 0.0526. The van der Waals surface area contributed by atoms with E-state index in [0.29, 0.717) is 5.56 Å². The first-order valence-electron chi connectivity index (χ1n) is 7.97. The molecule has 142 valence electrons. The molecular formula is C19H13FN2O5S. The number of hydrogen-bond acceptors (Lipinski definition) is 5. The van der Waals surface area contributed by atoms with Crippen molar-refractivity contribution in [3.8, 4) is 5.75 Å². The molecule has 1 aliphatic heterocycles. The summed E-state index contributed by atoms with van der Waals surface area (Å²) in [5, 5.41) is 11.1. The van der Waals surface area contributed by atoms with Crippen molar-refractivity contribution in [2.75, 3.05) is 11.5 Å². The summed E-state index contributed by atoms with van der Waals surface area (Å²) in [5.74, 6) is -2.86. The molecule has 0 saturated carbocycles. The molecule has 2 N–H and O–H groups in total. The Labute approximate surface area is 164 Å². The van der Waals surface area contributed by atoms with Crippen LogP contribution < -0.4 is 15.0 Å². The van der Waals surface area contributed by atoms with E-state index in [-0.39, 0.29) is 22.1 Å². The zero-order valence-corrected chi connectivity index (χ0v) is 15.0. The van der Waals surface area contributed by atoms with Gasteiger partial charge in [0.25, 0.3) is 11.8 Å². The lowest BCUT2D eigenvalue weighted by Crippen LogP contribution is -2.54. The van der Waals surface area contributed by atoms with Crippen molar-refractivity contribution < 1.29 is 28.6 Å². The zero-order chi connectivity index (χ0) is 20.3. The zero-order valence-electron chi connectivity index (χ0n) is 14.2. The average molecular weight is 400 g/mol. The first kappa shape index (κ1) is 19.2. The molecule has 0 unspecified atom stereocenters. The van der Waals surface area contributed by atoms with Crippen molar-refractivity contribution in [3.63, 3.8) is 0 Å². The van der Waals surface area contributed by atoms with E-state index in [9.17, 15) is 18.8 Å². The number of nitrogens with zero attached hydrogens (tertiary/aromatic N) is 1. The molecule has 2 aromatic rings. The Morgan fingerprint density at radius 1 is 1.18 bits per heavy atom. The molecule has 7 nitrogen and oxygen atoms in total. The number of carbonyl (C=O) groups is 3. The van der Waals surface area contributed by atoms with Gasteiger partial charge in [0.2, 0.25) is 0 Å². The van der Waals surface area contributed by atoms with Crippen molar-refractivity contribution in [2.45, 2.75) is 0 Å². The number of benzene rings is 2. The first-order valence-corrected chi connectivity index (χ1v) is 8.38. The quantitative estimate of drug-likeness (QED) is 0.454. The molecule has 1 fully saturated rings. The van der Waals surface area contributed by atoms with Gasteiger partial charge in [-0.2, -0.15) is 0 Å². The maximum atomic E-state index is 13.2. The molecule has 3 rings (SSSR count). The number of anilines is 1. The molecule has 1 aliphatic rings. The third-order valence-electron chi connectivity index (χ3n) is 3.76. The molecule has 28 heavy (non-hydrogen) atoms. The summed E-state index contributed by atoms with van der Waals surface area (Å²) in [6.07, 6.45) is 1.28. The second-order valence-corrected chi connectivity index (χ2v) is 6.04. The molecule has 0 atom stereocenters. The molecular weight excluding hydrogens is 387 g/mol. The standard InChI is InChI=1S/C19H13FN2O5S/c20-12-5-7-13(8-6-12)22-18(26)14(17(25)21-19(22)28)9-11-3-1-2-4-15(11)27-10-16(23)24/h1-9H,10H2,(H,23,24)(H,21,25,28)/b14-9+. The number of ether oxygens (including phenoxy) is 1. The molecule has 0 aliphatic carbocycles. The van der Waals surface area contributed by atoms with Gasteiger partial charge in [-0.3, -0.25) is 19.8 Å². The van der Waals surface area contributed by atoms with Crippen LogP contribution in [0.2, 0.25) is 0 Å². The fourth-order valence-electron chi connectivity index (χ4n) is 2.51. The van der Waals surface area contributed by atoms with Crippen LogP contribution in [0.1, 0.15) is 5.56 Å². The van der Waals surface area contributed by atoms with Crippen molar-refractivity contribution in [2.24, 2.45) is 0 Å². The van der Waals surface area contributed by atoms with Gasteiger partial charge < -0.3 is 9.84 Å². The van der Waals surface area contributed by atoms with Crippen LogP contribution in [-0.2, 0) is 14.4 Å². The lowest BCUT2D eigenvalue weighted by atomic mass is 10.1. The number of aliphatic carboxylic acids is 1. The van der Waals surface area contributed by atoms with Crippen LogP contribution in [0.5, 0.6) is 5.75 Å². The second kappa shape index (κ2) is 7.97. The van der Waals surface area contributed by atoms with E-state index in [1.165, 1.54) is 36.4 Å². The number of carbonyl (C=O) groups excluding carboxylic acids is 2. The first-order chi connectivity index (χ1) is 13.4. The maximum absolute atomic E-state index is 13.2. The Morgan fingerprint density at radius 2 is 1.86 bits per heavy atom. The van der Waals surface area contributed by atoms with Crippen molar-refractivity contribution in [1.29, 1.82) is 0 Å². The predicted molar refractivity (Wildman–Crippen MR) is 102 cm³/mol. The molecule has 2 amide bonds. The van der Waals surface area contributed by atoms with Gasteiger partial charge in [0.15, 0.2) is 11.7 Å². The van der Waals surface area contributed by atoms with Crippen molar-refractivity contribution in [1.82, 2.24) is 5.32 Å². The highest BCUT2D eigenvalue weighted by Crippen LogP contribution is 2.25. The largest absolute Gasteiger partial charge is 0.481 e. The van der Waals surface area contributed by atoms with E-state index < -0.39 is 30.2 Å². The lowest BCUT2D eigenvalue weighted by molar-refractivity contribution is -0.139. The Hall–Kier alpha value is -3.59. The minimum Gasteiger partial charge on any atom is -0.481 e. The third kappa shape index (κ3) is 4.04. The van der Waals surface area contributed by atoms with Gasteiger partial charge in [-0.05, 0) is 48.6 Å². The predicted octanol–water partition coefficient (Wildman–Crippen LogP) is 2.12. The highest BCUT2D eigenvalue weighted by atomic mass is 32.1. The molecule has 2 aromatic carbocycles. The van der Waals surface area contributed by atoms with Gasteiger partial charge in [0.1, 0.15) is 17.1 Å². The van der Waals surface area contributed by atoms with Gasteiger partial charge in [0, 0.05) is 5.56 Å². The third-order valence-corrected chi connectivity index (χ3v) is 4.04. The van der Waals surface area contributed by atoms with Crippen molar-refractivity contribution in [3.05, 3.63) is 65.5 Å². The van der Waals surface area contributed by atoms with E-state index in [4.69, 9.17) is 22.1 Å². The molecule has 0 aromatic heterocycles. The number of thiocarbonyl (C=S) groups is 1. The van der Waals surface area contributed by atoms with Crippen LogP contribution in [0.25, 0.3) is 6.08 Å². The van der Waals surface area contributed by atoms with Crippen LogP contribution in [0.15, 0.2) is 54.1 Å². The number of carboxylic acid groups (broad SMARTS) is 1. The second-order valence-electron chi connectivity index (χ2n) is 5.65. The molecule has 0 spiro atoms. The van der Waals surface area contributed by atoms with E-state index in [2.05, 4.69) is 5.32 Å². The lowest BCUT2D eigenvalue weighted by Gasteiger charge is -2.29. The number of amides is 2. The Bertz CT molecular complexity index is 1000. The summed E-state index contributed by atoms with van der Waals surface area (Å²) >= 11 is 5.07. The summed E-state index contributed by atoms with van der Waals surface area (Å²) < 4.78 is 18.4. The number of hydrogen-bond donors (Lipinski definition) is 2. The van der Waals surface area contributed by atoms with E-state index in [1.807, 2.05) is 0 Å². The van der Waals surface area contributed by atoms with Gasteiger partial charge in [-0.15, -0.1) is 0 Å². The Morgan fingerprint density at radius 3 is 2.54 bits per heavy atom. The van der Waals surface area contributed by atoms with E-state index >= 15 is 0 Å². The van der Waals surface area contributed by atoms with Crippen LogP contribution in [0, 0.1) is 5.82 Å². The molecule has 0 bridgehead atoms. The van der Waals surface area contributed by atoms with Crippen LogP contribution in [0.4, 0.5) is 10.1 Å². The minimum absolute atomic E-state index is 0.130. The molecule has 9 heteroatoms. The number of para-hydroxylation sites is 1. The minimum atomic E-state index is -1.17. The van der Waals surface area contributed by atoms with Gasteiger partial charge in [0.05, 0.1) is 5.69 Å². The smallest absolute Gasteiger partial charge is 0.341 e. The number of rotatable bonds is 5. The number of carboxylic acids is 1. The topological polar surface area (TPSA) is 95.9 Å². The summed E-state index contributed by atoms with van der Waals surface area (Å²) in [6.45, 7) is -0.577. The van der Waals surface area contributed by atoms with Gasteiger partial charge >= 0.3 is 5.97 Å². The van der Waals surface area contributed by atoms with Crippen LogP contribution in [-0.4, -0.2) is 34.6 Å². The van der Waals surface area contributed by atoms with E-state index in [1.54, 1.807) is 18.2 Å². The van der Waals surface area contributed by atoms with Gasteiger partial charge in [-0.25, -0.2) is 9.18 Å². The Kier molecular flexibility index (Phi) is 5.46. The van der Waals surface area contributed by atoms with Crippen LogP contribution >= 0.6 is 12.2 Å². The SMILES string of the molecule is O=C(O)COc1ccccc1/C=C1\C(=O)NC(=S)N(c2ccc(F)cc2)C1=O. The molecule has 0 radical (unpaired) electrons. The monoisotopic (exact) mass is 400 g/mol.